The highest BCUT2D eigenvalue weighted by atomic mass is 19.1. The van der Waals surface area contributed by atoms with Crippen molar-refractivity contribution in [3.63, 3.8) is 0 Å². The molecular formula is C45H39FN4. The second-order valence-electron chi connectivity index (χ2n) is 13.7. The summed E-state index contributed by atoms with van der Waals surface area (Å²) in [5.41, 5.74) is 12.5. The molecule has 0 saturated carbocycles. The number of hydrogen-bond donors (Lipinski definition) is 0. The van der Waals surface area contributed by atoms with Gasteiger partial charge in [0.05, 0.1) is 11.2 Å². The number of hydrogen-bond acceptors (Lipinski definition) is 2. The molecule has 0 aliphatic carbocycles. The third-order valence-corrected chi connectivity index (χ3v) is 9.67. The molecule has 3 heterocycles. The number of rotatable bonds is 8. The lowest BCUT2D eigenvalue weighted by Crippen LogP contribution is -2.09. The van der Waals surface area contributed by atoms with E-state index < -0.39 is 0 Å². The number of para-hydroxylation sites is 1. The summed E-state index contributed by atoms with van der Waals surface area (Å²) in [5, 5.41) is 2.36. The van der Waals surface area contributed by atoms with Gasteiger partial charge in [0, 0.05) is 40.6 Å². The predicted molar refractivity (Wildman–Crippen MR) is 204 cm³/mol. The molecule has 5 aromatic carbocycles. The molecule has 0 unspecified atom stereocenters. The van der Waals surface area contributed by atoms with Crippen LogP contribution in [-0.2, 0) is 6.42 Å². The molecule has 0 N–H and O–H groups in total. The fourth-order valence-electron chi connectivity index (χ4n) is 7.26. The lowest BCUT2D eigenvalue weighted by atomic mass is 9.88. The maximum absolute atomic E-state index is 13.8. The Morgan fingerprint density at radius 3 is 2.06 bits per heavy atom. The van der Waals surface area contributed by atoms with Gasteiger partial charge in [0.2, 0.25) is 0 Å². The van der Waals surface area contributed by atoms with Gasteiger partial charge in [-0.2, -0.15) is 0 Å². The van der Waals surface area contributed by atoms with Gasteiger partial charge in [0.25, 0.3) is 0 Å². The average molecular weight is 655 g/mol. The topological polar surface area (TPSA) is 35.6 Å². The molecule has 0 bridgehead atoms. The SMILES string of the molecule is CC(C)c1cc(-c2ccc(F)cc2)cc(C(C)C)c1-n1ccnc1-c1cccc(Cc2cccc(-n3c4ccccc4c4cccnc43)c2)c1. The van der Waals surface area contributed by atoms with E-state index in [4.69, 9.17) is 9.97 Å². The maximum atomic E-state index is 13.8. The summed E-state index contributed by atoms with van der Waals surface area (Å²) >= 11 is 0. The minimum Gasteiger partial charge on any atom is -0.299 e. The molecule has 50 heavy (non-hydrogen) atoms. The van der Waals surface area contributed by atoms with E-state index in [9.17, 15) is 4.39 Å². The largest absolute Gasteiger partial charge is 0.299 e. The average Bonchev–Trinajstić information content (AvgIpc) is 3.75. The molecule has 4 nitrogen and oxygen atoms in total. The summed E-state index contributed by atoms with van der Waals surface area (Å²) < 4.78 is 18.3. The van der Waals surface area contributed by atoms with Crippen LogP contribution < -0.4 is 0 Å². The number of halogens is 1. The van der Waals surface area contributed by atoms with Crippen molar-refractivity contribution in [1.82, 2.24) is 19.1 Å². The molecule has 0 atom stereocenters. The summed E-state index contributed by atoms with van der Waals surface area (Å²) in [6.07, 6.45) is 6.63. The van der Waals surface area contributed by atoms with E-state index in [2.05, 4.69) is 134 Å². The molecule has 0 aliphatic heterocycles. The van der Waals surface area contributed by atoms with Crippen molar-refractivity contribution in [2.45, 2.75) is 46.0 Å². The Labute approximate surface area is 292 Å². The fraction of sp³-hybridized carbons (Fsp3) is 0.156. The molecule has 8 rings (SSSR count). The second-order valence-corrected chi connectivity index (χ2v) is 13.7. The van der Waals surface area contributed by atoms with Gasteiger partial charge in [0.1, 0.15) is 17.3 Å². The summed E-state index contributed by atoms with van der Waals surface area (Å²) in [4.78, 5) is 9.70. The summed E-state index contributed by atoms with van der Waals surface area (Å²) in [6.45, 7) is 8.94. The van der Waals surface area contributed by atoms with E-state index in [1.54, 1.807) is 0 Å². The van der Waals surface area contributed by atoms with E-state index in [1.165, 1.54) is 45.5 Å². The molecule has 3 aromatic heterocycles. The third kappa shape index (κ3) is 5.69. The number of aromatic nitrogens is 4. The summed E-state index contributed by atoms with van der Waals surface area (Å²) in [5.74, 6) is 1.22. The second kappa shape index (κ2) is 12.9. The molecule has 0 saturated heterocycles. The number of fused-ring (bicyclic) bond motifs is 3. The number of pyridine rings is 1. The van der Waals surface area contributed by atoms with Gasteiger partial charge >= 0.3 is 0 Å². The van der Waals surface area contributed by atoms with Crippen molar-refractivity contribution in [2.75, 3.05) is 0 Å². The van der Waals surface area contributed by atoms with Gasteiger partial charge < -0.3 is 0 Å². The minimum atomic E-state index is -0.225. The highest BCUT2D eigenvalue weighted by molar-refractivity contribution is 6.07. The number of benzene rings is 5. The first kappa shape index (κ1) is 31.5. The molecule has 246 valence electrons. The van der Waals surface area contributed by atoms with Crippen molar-refractivity contribution in [3.05, 3.63) is 168 Å². The van der Waals surface area contributed by atoms with Crippen LogP contribution in [0.3, 0.4) is 0 Å². The molecule has 0 spiro atoms. The van der Waals surface area contributed by atoms with Crippen LogP contribution in [0.15, 0.2) is 140 Å². The van der Waals surface area contributed by atoms with E-state index in [1.807, 2.05) is 30.6 Å². The van der Waals surface area contributed by atoms with Crippen LogP contribution in [0, 0.1) is 5.82 Å². The third-order valence-electron chi connectivity index (χ3n) is 9.67. The van der Waals surface area contributed by atoms with Crippen LogP contribution in [0.4, 0.5) is 4.39 Å². The van der Waals surface area contributed by atoms with Crippen LogP contribution in [0.2, 0.25) is 0 Å². The molecule has 0 radical (unpaired) electrons. The molecule has 0 fully saturated rings. The van der Waals surface area contributed by atoms with Crippen LogP contribution in [0.5, 0.6) is 0 Å². The molecular weight excluding hydrogens is 616 g/mol. The zero-order chi connectivity index (χ0) is 34.4. The summed E-state index contributed by atoms with van der Waals surface area (Å²) in [7, 11) is 0. The molecule has 0 aliphatic rings. The van der Waals surface area contributed by atoms with Gasteiger partial charge in [-0.25, -0.2) is 14.4 Å². The highest BCUT2D eigenvalue weighted by Gasteiger charge is 2.21. The van der Waals surface area contributed by atoms with Gasteiger partial charge in [0.15, 0.2) is 0 Å². The van der Waals surface area contributed by atoms with Crippen molar-refractivity contribution in [1.29, 1.82) is 0 Å². The lowest BCUT2D eigenvalue weighted by Gasteiger charge is -2.24. The Kier molecular flexibility index (Phi) is 8.12. The standard InChI is InChI=1S/C45H39FN4/c1-29(2)40-27-35(33-17-19-36(46)20-18-33)28-41(30(3)4)43(40)49-23-22-48-44(49)34-12-7-10-31(25-34)24-32-11-8-13-37(26-32)50-42-16-6-5-14-38(42)39-15-9-21-47-45(39)50/h5-23,25-30H,24H2,1-4H3. The molecule has 0 amide bonds. The van der Waals surface area contributed by atoms with Crippen LogP contribution in [0.25, 0.3) is 55.8 Å². The predicted octanol–water partition coefficient (Wildman–Crippen LogP) is 11.7. The maximum Gasteiger partial charge on any atom is 0.145 e. The Hall–Kier alpha value is -5.81. The van der Waals surface area contributed by atoms with Gasteiger partial charge in [-0.3, -0.25) is 9.13 Å². The lowest BCUT2D eigenvalue weighted by molar-refractivity contribution is 0.628. The van der Waals surface area contributed by atoms with Gasteiger partial charge in [-0.1, -0.05) is 88.4 Å². The van der Waals surface area contributed by atoms with Gasteiger partial charge in [-0.15, -0.1) is 0 Å². The zero-order valence-electron chi connectivity index (χ0n) is 28.8. The quantitative estimate of drug-likeness (QED) is 0.163. The fourth-order valence-corrected chi connectivity index (χ4v) is 7.26. The van der Waals surface area contributed by atoms with E-state index >= 15 is 0 Å². The van der Waals surface area contributed by atoms with Crippen LogP contribution in [0.1, 0.15) is 61.8 Å². The Bertz CT molecular complexity index is 2400. The number of nitrogens with zero attached hydrogens (tertiary/aromatic N) is 4. The minimum absolute atomic E-state index is 0.225. The Morgan fingerprint density at radius 2 is 1.30 bits per heavy atom. The van der Waals surface area contributed by atoms with E-state index in [0.717, 1.165) is 51.2 Å². The smallest absolute Gasteiger partial charge is 0.145 e. The van der Waals surface area contributed by atoms with Crippen LogP contribution in [-0.4, -0.2) is 19.1 Å². The van der Waals surface area contributed by atoms with E-state index in [0.29, 0.717) is 0 Å². The monoisotopic (exact) mass is 654 g/mol. The highest BCUT2D eigenvalue weighted by Crippen LogP contribution is 2.38. The van der Waals surface area contributed by atoms with Crippen molar-refractivity contribution in [2.24, 2.45) is 0 Å². The molecule has 5 heteroatoms. The number of imidazole rings is 1. The van der Waals surface area contributed by atoms with Gasteiger partial charge in [-0.05, 0) is 112 Å². The summed E-state index contributed by atoms with van der Waals surface area (Å²) in [6, 6.07) is 41.5. The normalized spacial score (nSPS) is 11.7. The first-order valence-corrected chi connectivity index (χ1v) is 17.4. The first-order chi connectivity index (χ1) is 24.4. The van der Waals surface area contributed by atoms with Crippen LogP contribution >= 0.6 is 0 Å². The first-order valence-electron chi connectivity index (χ1n) is 17.4. The Balaban J connectivity index is 1.17. The van der Waals surface area contributed by atoms with Crippen molar-refractivity contribution in [3.8, 4) is 33.9 Å². The van der Waals surface area contributed by atoms with E-state index in [-0.39, 0.29) is 17.7 Å². The Morgan fingerprint density at radius 1 is 0.600 bits per heavy atom. The molecule has 8 aromatic rings. The van der Waals surface area contributed by atoms with Crippen molar-refractivity contribution < 1.29 is 4.39 Å². The van der Waals surface area contributed by atoms with Crippen molar-refractivity contribution >= 4 is 21.9 Å². The zero-order valence-corrected chi connectivity index (χ0v) is 28.8.